The summed E-state index contributed by atoms with van der Waals surface area (Å²) < 4.78 is 1.77. The molecule has 3 aromatic heterocycles. The van der Waals surface area contributed by atoms with Crippen LogP contribution in [0.25, 0.3) is 22.2 Å². The van der Waals surface area contributed by atoms with Crippen molar-refractivity contribution in [3.05, 3.63) is 77.9 Å². The summed E-state index contributed by atoms with van der Waals surface area (Å²) >= 11 is 0. The zero-order valence-electron chi connectivity index (χ0n) is 19.2. The number of benzene rings is 1. The van der Waals surface area contributed by atoms with E-state index in [0.717, 1.165) is 39.7 Å². The minimum atomic E-state index is -0.0780. The molecule has 1 fully saturated rings. The maximum Gasteiger partial charge on any atom is 0.270 e. The number of para-hydroxylation sites is 1. The number of aryl methyl sites for hydroxylation is 1. The van der Waals surface area contributed by atoms with Gasteiger partial charge < -0.3 is 5.32 Å². The fourth-order valence-electron chi connectivity index (χ4n) is 4.76. The van der Waals surface area contributed by atoms with Gasteiger partial charge >= 0.3 is 0 Å². The third-order valence-corrected chi connectivity index (χ3v) is 6.68. The summed E-state index contributed by atoms with van der Waals surface area (Å²) in [6.07, 6.45) is 11.0. The zero-order valence-corrected chi connectivity index (χ0v) is 19.2. The first-order valence-electron chi connectivity index (χ1n) is 11.7. The molecule has 0 aliphatic heterocycles. The first kappa shape index (κ1) is 21.3. The average Bonchev–Trinajstić information content (AvgIpc) is 3.27. The highest BCUT2D eigenvalue weighted by atomic mass is 16.1. The molecule has 5 rings (SSSR count). The lowest BCUT2D eigenvalue weighted by atomic mass is 9.86. The van der Waals surface area contributed by atoms with E-state index in [-0.39, 0.29) is 11.9 Å². The van der Waals surface area contributed by atoms with Crippen molar-refractivity contribution in [1.29, 1.82) is 0 Å². The molecule has 0 radical (unpaired) electrons. The predicted molar refractivity (Wildman–Crippen MR) is 130 cm³/mol. The molecule has 1 amide bonds. The summed E-state index contributed by atoms with van der Waals surface area (Å²) in [7, 11) is 1.90. The SMILES string of the molecule is CC1CCCCC1NC(=O)c1cc(Cc2ccc(-c3cnn(C)c3)nc2)c2ccccc2n1. The van der Waals surface area contributed by atoms with Crippen LogP contribution in [0.1, 0.15) is 54.2 Å². The van der Waals surface area contributed by atoms with Gasteiger partial charge in [0, 0.05) is 36.4 Å². The number of hydrogen-bond acceptors (Lipinski definition) is 4. The highest BCUT2D eigenvalue weighted by Gasteiger charge is 2.24. The largest absolute Gasteiger partial charge is 0.348 e. The van der Waals surface area contributed by atoms with Gasteiger partial charge in [-0.3, -0.25) is 14.5 Å². The number of fused-ring (bicyclic) bond motifs is 1. The Labute approximate surface area is 194 Å². The maximum absolute atomic E-state index is 13.1. The van der Waals surface area contributed by atoms with Crippen molar-refractivity contribution in [3.63, 3.8) is 0 Å². The summed E-state index contributed by atoms with van der Waals surface area (Å²) in [6, 6.07) is 14.3. The van der Waals surface area contributed by atoms with Crippen LogP contribution in [0.2, 0.25) is 0 Å². The van der Waals surface area contributed by atoms with Crippen LogP contribution in [0.15, 0.2) is 61.1 Å². The lowest BCUT2D eigenvalue weighted by Crippen LogP contribution is -2.41. The van der Waals surface area contributed by atoms with E-state index in [1.807, 2.05) is 56.0 Å². The quantitative estimate of drug-likeness (QED) is 0.479. The topological polar surface area (TPSA) is 72.7 Å². The summed E-state index contributed by atoms with van der Waals surface area (Å²) in [5.41, 5.74) is 5.39. The van der Waals surface area contributed by atoms with E-state index >= 15 is 0 Å². The maximum atomic E-state index is 13.1. The van der Waals surface area contributed by atoms with Crippen molar-refractivity contribution < 1.29 is 4.79 Å². The first-order valence-corrected chi connectivity index (χ1v) is 11.7. The Hall–Kier alpha value is -3.54. The second-order valence-corrected chi connectivity index (χ2v) is 9.16. The number of nitrogens with one attached hydrogen (secondary N) is 1. The number of pyridine rings is 2. The molecule has 1 N–H and O–H groups in total. The molecule has 1 aromatic carbocycles. The second-order valence-electron chi connectivity index (χ2n) is 9.16. The minimum absolute atomic E-state index is 0.0780. The van der Waals surface area contributed by atoms with E-state index in [0.29, 0.717) is 18.0 Å². The number of aromatic nitrogens is 4. The number of hydrogen-bond donors (Lipinski definition) is 1. The van der Waals surface area contributed by atoms with Crippen LogP contribution in [-0.4, -0.2) is 31.7 Å². The number of amides is 1. The summed E-state index contributed by atoms with van der Waals surface area (Å²) in [4.78, 5) is 22.4. The van der Waals surface area contributed by atoms with Crippen LogP contribution in [0.3, 0.4) is 0 Å². The third-order valence-electron chi connectivity index (χ3n) is 6.68. The van der Waals surface area contributed by atoms with E-state index < -0.39 is 0 Å². The Kier molecular flexibility index (Phi) is 5.90. The van der Waals surface area contributed by atoms with Crippen molar-refractivity contribution in [2.75, 3.05) is 0 Å². The lowest BCUT2D eigenvalue weighted by molar-refractivity contribution is 0.0905. The summed E-state index contributed by atoms with van der Waals surface area (Å²) in [5, 5.41) is 8.53. The summed E-state index contributed by atoms with van der Waals surface area (Å²) in [5.74, 6) is 0.429. The van der Waals surface area contributed by atoms with E-state index in [1.54, 1.807) is 4.68 Å². The van der Waals surface area contributed by atoms with Crippen LogP contribution >= 0.6 is 0 Å². The fourth-order valence-corrected chi connectivity index (χ4v) is 4.76. The van der Waals surface area contributed by atoms with Crippen molar-refractivity contribution in [2.24, 2.45) is 13.0 Å². The van der Waals surface area contributed by atoms with Crippen LogP contribution in [0.4, 0.5) is 0 Å². The molecule has 2 atom stereocenters. The molecule has 0 spiro atoms. The highest BCUT2D eigenvalue weighted by molar-refractivity contribution is 5.96. The number of carbonyl (C=O) groups excluding carboxylic acids is 1. The van der Waals surface area contributed by atoms with Gasteiger partial charge in [-0.25, -0.2) is 4.98 Å². The first-order chi connectivity index (χ1) is 16.1. The molecule has 0 bridgehead atoms. The van der Waals surface area contributed by atoms with Crippen LogP contribution in [0, 0.1) is 5.92 Å². The average molecular weight is 440 g/mol. The van der Waals surface area contributed by atoms with Gasteiger partial charge in [-0.05, 0) is 54.5 Å². The smallest absolute Gasteiger partial charge is 0.270 e. The molecule has 1 aliphatic rings. The van der Waals surface area contributed by atoms with Gasteiger partial charge in [0.1, 0.15) is 5.69 Å². The van der Waals surface area contributed by atoms with Gasteiger partial charge in [0.05, 0.1) is 17.4 Å². The predicted octanol–water partition coefficient (Wildman–Crippen LogP) is 4.93. The normalized spacial score (nSPS) is 18.4. The Balaban J connectivity index is 1.42. The van der Waals surface area contributed by atoms with Gasteiger partial charge in [0.2, 0.25) is 0 Å². The van der Waals surface area contributed by atoms with Gasteiger partial charge in [0.15, 0.2) is 0 Å². The van der Waals surface area contributed by atoms with Crippen LogP contribution < -0.4 is 5.32 Å². The number of carbonyl (C=O) groups is 1. The Morgan fingerprint density at radius 1 is 1.12 bits per heavy atom. The van der Waals surface area contributed by atoms with E-state index in [9.17, 15) is 4.79 Å². The van der Waals surface area contributed by atoms with Crippen molar-refractivity contribution in [2.45, 2.75) is 45.1 Å². The standard InChI is InChI=1S/C27H29N5O/c1-18-7-3-5-9-23(18)31-27(33)26-14-20(22-8-4-6-10-25(22)30-26)13-19-11-12-24(28-15-19)21-16-29-32(2)17-21/h4,6,8,10-12,14-18,23H,3,5,7,9,13H2,1-2H3,(H,31,33). The molecular weight excluding hydrogens is 410 g/mol. The Morgan fingerprint density at radius 2 is 1.97 bits per heavy atom. The molecule has 6 nitrogen and oxygen atoms in total. The highest BCUT2D eigenvalue weighted by Crippen LogP contribution is 2.25. The summed E-state index contributed by atoms with van der Waals surface area (Å²) in [6.45, 7) is 2.23. The second kappa shape index (κ2) is 9.14. The molecule has 0 saturated heterocycles. The Morgan fingerprint density at radius 3 is 2.73 bits per heavy atom. The fraction of sp³-hybridized carbons (Fsp3) is 0.333. The van der Waals surface area contributed by atoms with Gasteiger partial charge in [-0.15, -0.1) is 0 Å². The van der Waals surface area contributed by atoms with E-state index in [1.165, 1.54) is 19.3 Å². The van der Waals surface area contributed by atoms with Crippen molar-refractivity contribution in [3.8, 4) is 11.3 Å². The van der Waals surface area contributed by atoms with Crippen molar-refractivity contribution in [1.82, 2.24) is 25.1 Å². The van der Waals surface area contributed by atoms with Gasteiger partial charge in [-0.1, -0.05) is 44.0 Å². The third kappa shape index (κ3) is 4.65. The molecule has 6 heteroatoms. The van der Waals surface area contributed by atoms with E-state index in [2.05, 4.69) is 39.4 Å². The van der Waals surface area contributed by atoms with Crippen molar-refractivity contribution >= 4 is 16.8 Å². The molecule has 2 unspecified atom stereocenters. The molecule has 168 valence electrons. The molecule has 3 heterocycles. The number of rotatable bonds is 5. The molecule has 4 aromatic rings. The molecule has 1 saturated carbocycles. The molecule has 33 heavy (non-hydrogen) atoms. The Bertz CT molecular complexity index is 1280. The van der Waals surface area contributed by atoms with E-state index in [4.69, 9.17) is 0 Å². The zero-order chi connectivity index (χ0) is 22.8. The van der Waals surface area contributed by atoms with Crippen LogP contribution in [0.5, 0.6) is 0 Å². The lowest BCUT2D eigenvalue weighted by Gasteiger charge is -2.29. The number of nitrogens with zero attached hydrogens (tertiary/aromatic N) is 4. The van der Waals surface area contributed by atoms with Gasteiger partial charge in [-0.2, -0.15) is 5.10 Å². The van der Waals surface area contributed by atoms with Crippen LogP contribution in [-0.2, 0) is 13.5 Å². The van der Waals surface area contributed by atoms with Gasteiger partial charge in [0.25, 0.3) is 5.91 Å². The monoisotopic (exact) mass is 439 g/mol. The molecular formula is C27H29N5O. The molecule has 1 aliphatic carbocycles. The minimum Gasteiger partial charge on any atom is -0.348 e.